The van der Waals surface area contributed by atoms with Gasteiger partial charge in [0.1, 0.15) is 12.2 Å². The second-order valence-corrected chi connectivity index (χ2v) is 4.85. The first kappa shape index (κ1) is 11.6. The molecule has 0 aromatic carbocycles. The van der Waals surface area contributed by atoms with Crippen molar-refractivity contribution in [2.24, 2.45) is 7.05 Å². The molecule has 0 radical (unpaired) electrons. The molecular formula is C12H22N4. The summed E-state index contributed by atoms with van der Waals surface area (Å²) in [5.74, 6) is 1.09. The molecule has 90 valence electrons. The van der Waals surface area contributed by atoms with E-state index in [-0.39, 0.29) is 5.54 Å². The van der Waals surface area contributed by atoms with Gasteiger partial charge in [-0.05, 0) is 25.8 Å². The Morgan fingerprint density at radius 3 is 3.00 bits per heavy atom. The number of hydrogen-bond acceptors (Lipinski definition) is 3. The Morgan fingerprint density at radius 2 is 2.31 bits per heavy atom. The summed E-state index contributed by atoms with van der Waals surface area (Å²) in [6.45, 7) is 3.42. The highest BCUT2D eigenvalue weighted by Gasteiger charge is 2.30. The Bertz CT molecular complexity index is 324. The van der Waals surface area contributed by atoms with Crippen molar-refractivity contribution in [1.82, 2.24) is 20.1 Å². The Labute approximate surface area is 97.5 Å². The van der Waals surface area contributed by atoms with Gasteiger partial charge in [0.25, 0.3) is 0 Å². The topological polar surface area (TPSA) is 42.7 Å². The molecule has 4 nitrogen and oxygen atoms in total. The van der Waals surface area contributed by atoms with Crippen molar-refractivity contribution < 1.29 is 0 Å². The fourth-order valence-corrected chi connectivity index (χ4v) is 2.57. The van der Waals surface area contributed by atoms with E-state index < -0.39 is 0 Å². The van der Waals surface area contributed by atoms with E-state index in [2.05, 4.69) is 22.3 Å². The molecule has 1 aliphatic rings. The summed E-state index contributed by atoms with van der Waals surface area (Å²) in [4.78, 5) is 4.35. The molecule has 1 unspecified atom stereocenters. The van der Waals surface area contributed by atoms with Gasteiger partial charge in [-0.15, -0.1) is 0 Å². The lowest BCUT2D eigenvalue weighted by molar-refractivity contribution is 0.293. The fraction of sp³-hybridized carbons (Fsp3) is 0.833. The number of aryl methyl sites for hydroxylation is 1. The average Bonchev–Trinajstić information content (AvgIpc) is 2.56. The molecule has 16 heavy (non-hydrogen) atoms. The molecule has 1 aliphatic heterocycles. The SMILES string of the molecule is CCC1(Cc2ncnn2C)CCCCCN1. The Hall–Kier alpha value is -0.900. The molecule has 1 atom stereocenters. The van der Waals surface area contributed by atoms with Crippen LogP contribution in [0.2, 0.25) is 0 Å². The smallest absolute Gasteiger partial charge is 0.138 e. The van der Waals surface area contributed by atoms with Crippen LogP contribution in [0.1, 0.15) is 44.9 Å². The lowest BCUT2D eigenvalue weighted by Crippen LogP contribution is -2.46. The normalized spacial score (nSPS) is 26.6. The lowest BCUT2D eigenvalue weighted by Gasteiger charge is -2.32. The van der Waals surface area contributed by atoms with Crippen molar-refractivity contribution in [2.75, 3.05) is 6.54 Å². The lowest BCUT2D eigenvalue weighted by atomic mass is 9.87. The average molecular weight is 222 g/mol. The first-order chi connectivity index (χ1) is 7.76. The number of rotatable bonds is 3. The third-order valence-corrected chi connectivity index (χ3v) is 3.81. The van der Waals surface area contributed by atoms with Gasteiger partial charge in [-0.2, -0.15) is 5.10 Å². The van der Waals surface area contributed by atoms with Gasteiger partial charge in [0.05, 0.1) is 0 Å². The van der Waals surface area contributed by atoms with Crippen molar-refractivity contribution in [3.63, 3.8) is 0 Å². The van der Waals surface area contributed by atoms with E-state index in [9.17, 15) is 0 Å². The summed E-state index contributed by atoms with van der Waals surface area (Å²) < 4.78 is 1.89. The van der Waals surface area contributed by atoms with Crippen LogP contribution in [0, 0.1) is 0 Å². The molecular weight excluding hydrogens is 200 g/mol. The summed E-state index contributed by atoms with van der Waals surface area (Å²) in [5, 5.41) is 7.88. The molecule has 0 saturated carbocycles. The van der Waals surface area contributed by atoms with Crippen LogP contribution in [-0.2, 0) is 13.5 Å². The highest BCUT2D eigenvalue weighted by atomic mass is 15.3. The third-order valence-electron chi connectivity index (χ3n) is 3.81. The van der Waals surface area contributed by atoms with Crippen molar-refractivity contribution >= 4 is 0 Å². The van der Waals surface area contributed by atoms with Crippen molar-refractivity contribution in [3.8, 4) is 0 Å². The zero-order valence-electron chi connectivity index (χ0n) is 10.4. The monoisotopic (exact) mass is 222 g/mol. The minimum absolute atomic E-state index is 0.247. The molecule has 0 spiro atoms. The second kappa shape index (κ2) is 4.95. The van der Waals surface area contributed by atoms with Crippen LogP contribution >= 0.6 is 0 Å². The van der Waals surface area contributed by atoms with E-state index in [1.165, 1.54) is 32.1 Å². The van der Waals surface area contributed by atoms with E-state index in [4.69, 9.17) is 0 Å². The van der Waals surface area contributed by atoms with Gasteiger partial charge in [0, 0.05) is 19.0 Å². The minimum atomic E-state index is 0.247. The zero-order chi connectivity index (χ0) is 11.4. The fourth-order valence-electron chi connectivity index (χ4n) is 2.57. The van der Waals surface area contributed by atoms with Crippen LogP contribution in [0.4, 0.5) is 0 Å². The first-order valence-electron chi connectivity index (χ1n) is 6.34. The van der Waals surface area contributed by atoms with E-state index >= 15 is 0 Å². The summed E-state index contributed by atoms with van der Waals surface area (Å²) in [7, 11) is 1.97. The summed E-state index contributed by atoms with van der Waals surface area (Å²) in [6, 6.07) is 0. The quantitative estimate of drug-likeness (QED) is 0.846. The maximum atomic E-state index is 4.35. The van der Waals surface area contributed by atoms with Crippen molar-refractivity contribution in [3.05, 3.63) is 12.2 Å². The van der Waals surface area contributed by atoms with Crippen LogP contribution in [0.5, 0.6) is 0 Å². The van der Waals surface area contributed by atoms with Gasteiger partial charge >= 0.3 is 0 Å². The number of nitrogens with zero attached hydrogens (tertiary/aromatic N) is 3. The van der Waals surface area contributed by atoms with E-state index in [1.54, 1.807) is 6.33 Å². The molecule has 0 bridgehead atoms. The predicted octanol–water partition coefficient (Wildman–Crippen LogP) is 1.67. The van der Waals surface area contributed by atoms with Gasteiger partial charge < -0.3 is 5.32 Å². The Morgan fingerprint density at radius 1 is 1.44 bits per heavy atom. The number of aromatic nitrogens is 3. The van der Waals surface area contributed by atoms with E-state index in [0.29, 0.717) is 0 Å². The van der Waals surface area contributed by atoms with Crippen molar-refractivity contribution in [1.29, 1.82) is 0 Å². The van der Waals surface area contributed by atoms with Crippen LogP contribution in [0.3, 0.4) is 0 Å². The molecule has 1 aromatic heterocycles. The molecule has 2 rings (SSSR count). The summed E-state index contributed by atoms with van der Waals surface area (Å²) in [5.41, 5.74) is 0.247. The zero-order valence-corrected chi connectivity index (χ0v) is 10.4. The molecule has 0 aliphatic carbocycles. The largest absolute Gasteiger partial charge is 0.311 e. The summed E-state index contributed by atoms with van der Waals surface area (Å²) in [6.07, 6.45) is 9.07. The van der Waals surface area contributed by atoms with Gasteiger partial charge in [-0.1, -0.05) is 19.8 Å². The van der Waals surface area contributed by atoms with Gasteiger partial charge in [0.2, 0.25) is 0 Å². The van der Waals surface area contributed by atoms with Gasteiger partial charge in [-0.25, -0.2) is 4.98 Å². The van der Waals surface area contributed by atoms with Gasteiger partial charge in [0.15, 0.2) is 0 Å². The highest BCUT2D eigenvalue weighted by Crippen LogP contribution is 2.25. The Balaban J connectivity index is 2.11. The van der Waals surface area contributed by atoms with Crippen LogP contribution in [0.25, 0.3) is 0 Å². The van der Waals surface area contributed by atoms with Crippen molar-refractivity contribution in [2.45, 2.75) is 51.0 Å². The van der Waals surface area contributed by atoms with Gasteiger partial charge in [-0.3, -0.25) is 4.68 Å². The standard InChI is InChI=1S/C12H22N4/c1-3-12(7-5-4-6-8-14-12)9-11-13-10-15-16(11)2/h10,14H,3-9H2,1-2H3. The maximum absolute atomic E-state index is 4.35. The molecule has 0 amide bonds. The summed E-state index contributed by atoms with van der Waals surface area (Å²) >= 11 is 0. The van der Waals surface area contributed by atoms with E-state index in [0.717, 1.165) is 18.8 Å². The van der Waals surface area contributed by atoms with Crippen LogP contribution in [-0.4, -0.2) is 26.8 Å². The maximum Gasteiger partial charge on any atom is 0.138 e. The third kappa shape index (κ3) is 2.43. The Kier molecular flexibility index (Phi) is 3.59. The highest BCUT2D eigenvalue weighted by molar-refractivity contribution is 4.99. The molecule has 1 N–H and O–H groups in total. The predicted molar refractivity (Wildman–Crippen MR) is 64.2 cm³/mol. The molecule has 1 fully saturated rings. The molecule has 2 heterocycles. The number of nitrogens with one attached hydrogen (secondary N) is 1. The molecule has 1 aromatic rings. The molecule has 1 saturated heterocycles. The number of hydrogen-bond donors (Lipinski definition) is 1. The second-order valence-electron chi connectivity index (χ2n) is 4.85. The molecule has 4 heteroatoms. The minimum Gasteiger partial charge on any atom is -0.311 e. The van der Waals surface area contributed by atoms with Crippen LogP contribution < -0.4 is 5.32 Å². The van der Waals surface area contributed by atoms with E-state index in [1.807, 2.05) is 11.7 Å². The van der Waals surface area contributed by atoms with Crippen LogP contribution in [0.15, 0.2) is 6.33 Å². The first-order valence-corrected chi connectivity index (χ1v) is 6.34.